The van der Waals surface area contributed by atoms with Gasteiger partial charge in [-0.2, -0.15) is 0 Å². The van der Waals surface area contributed by atoms with Crippen molar-refractivity contribution in [2.24, 2.45) is 17.8 Å². The molecule has 8 heteroatoms. The third-order valence-corrected chi connectivity index (χ3v) is 7.95. The van der Waals surface area contributed by atoms with Crippen molar-refractivity contribution in [3.05, 3.63) is 36.0 Å². The molecule has 2 N–H and O–H groups in total. The lowest BCUT2D eigenvalue weighted by atomic mass is 9.88. The van der Waals surface area contributed by atoms with E-state index >= 15 is 0 Å². The lowest BCUT2D eigenvalue weighted by Crippen LogP contribution is -2.42. The third kappa shape index (κ3) is 10.5. The predicted molar refractivity (Wildman–Crippen MR) is 150 cm³/mol. The van der Waals surface area contributed by atoms with Crippen LogP contribution in [0.4, 0.5) is 0 Å². The van der Waals surface area contributed by atoms with Crippen LogP contribution < -0.4 is 0 Å². The number of allylic oxidation sites excluding steroid dienone is 3. The van der Waals surface area contributed by atoms with Crippen molar-refractivity contribution in [2.75, 3.05) is 7.11 Å². The monoisotopic (exact) mass is 550 g/mol. The summed E-state index contributed by atoms with van der Waals surface area (Å²) < 4.78 is 22.7. The van der Waals surface area contributed by atoms with Crippen LogP contribution in [-0.4, -0.2) is 71.5 Å². The van der Waals surface area contributed by atoms with Crippen molar-refractivity contribution in [1.82, 2.24) is 0 Å². The molecule has 0 saturated carbocycles. The summed E-state index contributed by atoms with van der Waals surface area (Å²) in [6.07, 6.45) is 10.0. The summed E-state index contributed by atoms with van der Waals surface area (Å²) in [7, 11) is 1.53. The van der Waals surface area contributed by atoms with Gasteiger partial charge in [0.1, 0.15) is 17.8 Å². The molecule has 0 aromatic heterocycles. The molecule has 0 amide bonds. The highest BCUT2D eigenvalue weighted by molar-refractivity contribution is 5.70. The molecule has 2 aliphatic heterocycles. The Kier molecular flexibility index (Phi) is 12.9. The van der Waals surface area contributed by atoms with Gasteiger partial charge in [0.15, 0.2) is 0 Å². The minimum Gasteiger partial charge on any atom is -0.457 e. The van der Waals surface area contributed by atoms with E-state index in [1.807, 2.05) is 45.9 Å². The summed E-state index contributed by atoms with van der Waals surface area (Å²) >= 11 is 0. The lowest BCUT2D eigenvalue weighted by Gasteiger charge is -2.33. The second kappa shape index (κ2) is 15.1. The molecule has 1 saturated heterocycles. The first kappa shape index (κ1) is 33.2. The number of hydrogen-bond acceptors (Lipinski definition) is 8. The molecule has 0 aliphatic carbocycles. The molecular formula is C31H50O8. The number of aliphatic hydroxyl groups is 2. The third-order valence-electron chi connectivity index (χ3n) is 7.95. The zero-order chi connectivity index (χ0) is 29.3. The molecular weight excluding hydrogens is 500 g/mol. The summed E-state index contributed by atoms with van der Waals surface area (Å²) in [5.41, 5.74) is -0.455. The van der Waals surface area contributed by atoms with Gasteiger partial charge >= 0.3 is 11.9 Å². The Balaban J connectivity index is 2.15. The molecule has 2 aliphatic rings. The molecule has 222 valence electrons. The number of carbonyl (C=O) groups excluding carboxylic acids is 2. The van der Waals surface area contributed by atoms with Gasteiger partial charge in [0.2, 0.25) is 0 Å². The highest BCUT2D eigenvalue weighted by atomic mass is 16.6. The van der Waals surface area contributed by atoms with Crippen molar-refractivity contribution >= 4 is 11.9 Å². The van der Waals surface area contributed by atoms with E-state index < -0.39 is 29.9 Å². The Hall–Kier alpha value is -2.00. The average molecular weight is 551 g/mol. The van der Waals surface area contributed by atoms with E-state index in [4.69, 9.17) is 18.9 Å². The Morgan fingerprint density at radius 2 is 1.97 bits per heavy atom. The summed E-state index contributed by atoms with van der Waals surface area (Å²) in [5, 5.41) is 21.2. The van der Waals surface area contributed by atoms with Crippen LogP contribution in [0.3, 0.4) is 0 Å². The maximum absolute atomic E-state index is 12.8. The predicted octanol–water partition coefficient (Wildman–Crippen LogP) is 4.68. The molecule has 2 heterocycles. The van der Waals surface area contributed by atoms with E-state index in [1.54, 1.807) is 13.0 Å². The van der Waals surface area contributed by atoms with Crippen molar-refractivity contribution in [2.45, 2.75) is 123 Å². The first-order valence-electron chi connectivity index (χ1n) is 14.3. The minimum absolute atomic E-state index is 0.0611. The highest BCUT2D eigenvalue weighted by Gasteiger charge is 2.45. The van der Waals surface area contributed by atoms with Crippen LogP contribution in [0.25, 0.3) is 0 Å². The second-order valence-electron chi connectivity index (χ2n) is 11.6. The second-order valence-corrected chi connectivity index (χ2v) is 11.6. The van der Waals surface area contributed by atoms with E-state index in [0.717, 1.165) is 18.4 Å². The van der Waals surface area contributed by atoms with Gasteiger partial charge < -0.3 is 29.2 Å². The number of cyclic esters (lactones) is 1. The van der Waals surface area contributed by atoms with E-state index in [1.165, 1.54) is 14.0 Å². The van der Waals surface area contributed by atoms with Crippen LogP contribution in [-0.2, 0) is 28.5 Å². The van der Waals surface area contributed by atoms with Gasteiger partial charge in [0.25, 0.3) is 0 Å². The minimum atomic E-state index is -1.32. The summed E-state index contributed by atoms with van der Waals surface area (Å²) in [6.45, 7) is 12.9. The smallest absolute Gasteiger partial charge is 0.309 e. The zero-order valence-electron chi connectivity index (χ0n) is 25.0. The molecule has 0 radical (unpaired) electrons. The number of rotatable bonds is 10. The number of carbonyl (C=O) groups is 2. The molecule has 1 fully saturated rings. The molecule has 10 unspecified atom stereocenters. The SMILES string of the molecule is CCC(O)C(C)C1OC1CC(C)/C=C/C=C(\C)C1OC(=O)CC(OC)CCC(C)(O)C(OC(C)=O)/C=C/C1C. The first-order valence-corrected chi connectivity index (χ1v) is 14.3. The molecule has 0 spiro atoms. The van der Waals surface area contributed by atoms with E-state index in [0.29, 0.717) is 6.42 Å². The quantitative estimate of drug-likeness (QED) is 0.174. The fourth-order valence-electron chi connectivity index (χ4n) is 5.15. The lowest BCUT2D eigenvalue weighted by molar-refractivity contribution is -0.157. The van der Waals surface area contributed by atoms with Gasteiger partial charge in [0.05, 0.1) is 30.8 Å². The van der Waals surface area contributed by atoms with Gasteiger partial charge in [0, 0.05) is 25.9 Å². The van der Waals surface area contributed by atoms with Gasteiger partial charge in [-0.3, -0.25) is 9.59 Å². The van der Waals surface area contributed by atoms with Crippen molar-refractivity contribution in [3.63, 3.8) is 0 Å². The maximum Gasteiger partial charge on any atom is 0.309 e. The van der Waals surface area contributed by atoms with Crippen molar-refractivity contribution < 1.29 is 38.7 Å². The Labute approximate surface area is 234 Å². The van der Waals surface area contributed by atoms with Gasteiger partial charge in [-0.1, -0.05) is 52.0 Å². The zero-order valence-corrected chi connectivity index (χ0v) is 25.0. The highest BCUT2D eigenvalue weighted by Crippen LogP contribution is 2.36. The van der Waals surface area contributed by atoms with E-state index in [-0.39, 0.29) is 54.9 Å². The summed E-state index contributed by atoms with van der Waals surface area (Å²) in [6, 6.07) is 0. The van der Waals surface area contributed by atoms with Gasteiger partial charge in [-0.25, -0.2) is 0 Å². The molecule has 10 atom stereocenters. The molecule has 2 rings (SSSR count). The van der Waals surface area contributed by atoms with Gasteiger partial charge in [-0.15, -0.1) is 0 Å². The van der Waals surface area contributed by atoms with E-state index in [2.05, 4.69) is 13.0 Å². The van der Waals surface area contributed by atoms with Crippen LogP contribution >= 0.6 is 0 Å². The molecule has 0 aromatic rings. The first-order chi connectivity index (χ1) is 18.3. The van der Waals surface area contributed by atoms with Crippen LogP contribution in [0.5, 0.6) is 0 Å². The fourth-order valence-corrected chi connectivity index (χ4v) is 5.15. The van der Waals surface area contributed by atoms with Crippen LogP contribution in [0.2, 0.25) is 0 Å². The number of epoxide rings is 1. The Morgan fingerprint density at radius 1 is 1.28 bits per heavy atom. The average Bonchev–Trinajstić information content (AvgIpc) is 3.64. The number of hydrogen-bond donors (Lipinski definition) is 2. The van der Waals surface area contributed by atoms with E-state index in [9.17, 15) is 19.8 Å². The van der Waals surface area contributed by atoms with Crippen LogP contribution in [0.15, 0.2) is 36.0 Å². The fraction of sp³-hybridized carbons (Fsp3) is 0.742. The Morgan fingerprint density at radius 3 is 2.59 bits per heavy atom. The van der Waals surface area contributed by atoms with Crippen LogP contribution in [0.1, 0.15) is 80.6 Å². The molecule has 39 heavy (non-hydrogen) atoms. The number of ether oxygens (including phenoxy) is 4. The molecule has 0 aromatic carbocycles. The summed E-state index contributed by atoms with van der Waals surface area (Å²) in [5.74, 6) is -0.678. The topological polar surface area (TPSA) is 115 Å². The van der Waals surface area contributed by atoms with Crippen molar-refractivity contribution in [3.8, 4) is 0 Å². The van der Waals surface area contributed by atoms with Crippen molar-refractivity contribution in [1.29, 1.82) is 0 Å². The number of methoxy groups -OCH3 is 1. The normalized spacial score (nSPS) is 35.7. The number of aliphatic hydroxyl groups excluding tert-OH is 1. The standard InChI is InChI=1S/C31H50O8/c1-9-25(33)22(5)30-26(38-30)17-19(2)11-10-12-20(3)29-21(4)13-14-27(37-23(6)32)31(7,35)16-15-24(36-8)18-28(34)39-29/h10-14,19,21-22,24-27,29-30,33,35H,9,15-18H2,1-8H3/b11-10+,14-13+,20-12+. The molecule has 0 bridgehead atoms. The molecule has 8 nitrogen and oxygen atoms in total. The maximum atomic E-state index is 12.8. The largest absolute Gasteiger partial charge is 0.457 e. The van der Waals surface area contributed by atoms with Gasteiger partial charge in [-0.05, 0) is 57.1 Å². The summed E-state index contributed by atoms with van der Waals surface area (Å²) in [4.78, 5) is 24.6. The Bertz CT molecular complexity index is 891. The van der Waals surface area contributed by atoms with Crippen LogP contribution in [0, 0.1) is 17.8 Å². The number of esters is 2.